The van der Waals surface area contributed by atoms with Crippen molar-refractivity contribution in [3.05, 3.63) is 10.6 Å². The molecule has 0 radical (unpaired) electrons. The molecule has 0 spiro atoms. The second kappa shape index (κ2) is 7.41. The quantitative estimate of drug-likeness (QED) is 0.902. The van der Waals surface area contributed by atoms with Crippen LogP contribution in [0, 0.1) is 5.92 Å². The van der Waals surface area contributed by atoms with Crippen LogP contribution in [-0.4, -0.2) is 17.6 Å². The van der Waals surface area contributed by atoms with E-state index in [2.05, 4.69) is 24.1 Å². The van der Waals surface area contributed by atoms with Gasteiger partial charge in [0.25, 0.3) is 0 Å². The van der Waals surface area contributed by atoms with Gasteiger partial charge < -0.3 is 11.1 Å². The molecular formula is C11H21Cl2N3S. The maximum absolute atomic E-state index is 5.71. The Morgan fingerprint density at radius 1 is 1.47 bits per heavy atom. The fourth-order valence-electron chi connectivity index (χ4n) is 1.97. The second-order valence-electron chi connectivity index (χ2n) is 4.66. The summed E-state index contributed by atoms with van der Waals surface area (Å²) in [6, 6.07) is 0.625. The van der Waals surface area contributed by atoms with Crippen LogP contribution in [0.3, 0.4) is 0 Å². The summed E-state index contributed by atoms with van der Waals surface area (Å²) < 4.78 is 0. The van der Waals surface area contributed by atoms with Gasteiger partial charge in [-0.1, -0.05) is 13.8 Å². The lowest BCUT2D eigenvalue weighted by Gasteiger charge is -2.23. The van der Waals surface area contributed by atoms with Gasteiger partial charge >= 0.3 is 0 Å². The molecule has 0 aliphatic heterocycles. The largest absolute Gasteiger partial charge is 0.375 e. The first-order chi connectivity index (χ1) is 7.15. The van der Waals surface area contributed by atoms with Crippen LogP contribution < -0.4 is 11.1 Å². The lowest BCUT2D eigenvalue weighted by atomic mass is 9.97. The van der Waals surface area contributed by atoms with E-state index in [4.69, 9.17) is 5.73 Å². The summed E-state index contributed by atoms with van der Waals surface area (Å²) in [4.78, 5) is 5.74. The third kappa shape index (κ3) is 4.62. The first-order valence-corrected chi connectivity index (χ1v) is 6.44. The molecule has 1 aliphatic rings. The highest BCUT2D eigenvalue weighted by atomic mass is 35.5. The molecule has 0 saturated heterocycles. The fourth-order valence-corrected chi connectivity index (χ4v) is 2.93. The van der Waals surface area contributed by atoms with Crippen LogP contribution >= 0.6 is 36.2 Å². The van der Waals surface area contributed by atoms with E-state index in [1.54, 1.807) is 11.3 Å². The standard InChI is InChI=1S/C11H19N3S.2ClH/c1-7(2)6-13-8-3-4-9-10(5-8)15-11(12)14-9;;/h7-8,13H,3-6H2,1-2H3,(H2,12,14);2*1H. The zero-order valence-electron chi connectivity index (χ0n) is 10.2. The molecule has 2 rings (SSSR count). The molecule has 17 heavy (non-hydrogen) atoms. The van der Waals surface area contributed by atoms with Gasteiger partial charge in [-0.2, -0.15) is 0 Å². The fraction of sp³-hybridized carbons (Fsp3) is 0.727. The summed E-state index contributed by atoms with van der Waals surface area (Å²) >= 11 is 1.65. The van der Waals surface area contributed by atoms with E-state index < -0.39 is 0 Å². The number of fused-ring (bicyclic) bond motifs is 1. The highest BCUT2D eigenvalue weighted by Gasteiger charge is 2.21. The molecule has 1 atom stereocenters. The molecule has 3 nitrogen and oxygen atoms in total. The van der Waals surface area contributed by atoms with Crippen molar-refractivity contribution in [2.75, 3.05) is 12.3 Å². The second-order valence-corrected chi connectivity index (χ2v) is 5.78. The third-order valence-corrected chi connectivity index (χ3v) is 3.72. The molecular weight excluding hydrogens is 277 g/mol. The Bertz CT molecular complexity index is 341. The molecule has 0 fully saturated rings. The Morgan fingerprint density at radius 2 is 2.18 bits per heavy atom. The Balaban J connectivity index is 0.00000128. The van der Waals surface area contributed by atoms with E-state index in [-0.39, 0.29) is 24.8 Å². The number of rotatable bonds is 3. The number of hydrogen-bond acceptors (Lipinski definition) is 4. The Morgan fingerprint density at radius 3 is 2.82 bits per heavy atom. The maximum atomic E-state index is 5.71. The summed E-state index contributed by atoms with van der Waals surface area (Å²) in [7, 11) is 0. The van der Waals surface area contributed by atoms with Crippen molar-refractivity contribution >= 4 is 41.3 Å². The first kappa shape index (κ1) is 17.0. The minimum atomic E-state index is 0. The van der Waals surface area contributed by atoms with E-state index in [1.807, 2.05) is 0 Å². The number of halogens is 2. The molecule has 0 aromatic carbocycles. The average Bonchev–Trinajstić information content (AvgIpc) is 2.53. The van der Waals surface area contributed by atoms with Crippen molar-refractivity contribution < 1.29 is 0 Å². The van der Waals surface area contributed by atoms with Crippen molar-refractivity contribution in [3.63, 3.8) is 0 Å². The smallest absolute Gasteiger partial charge is 0.180 e. The zero-order chi connectivity index (χ0) is 10.8. The molecule has 1 aliphatic carbocycles. The molecule has 100 valence electrons. The topological polar surface area (TPSA) is 50.9 Å². The van der Waals surface area contributed by atoms with Gasteiger partial charge in [-0.3, -0.25) is 0 Å². The van der Waals surface area contributed by atoms with Crippen LogP contribution in [0.2, 0.25) is 0 Å². The predicted octanol–water partition coefficient (Wildman–Crippen LogP) is 2.67. The molecule has 6 heteroatoms. The minimum Gasteiger partial charge on any atom is -0.375 e. The number of nitrogens with one attached hydrogen (secondary N) is 1. The van der Waals surface area contributed by atoms with Gasteiger partial charge in [0, 0.05) is 10.9 Å². The first-order valence-electron chi connectivity index (χ1n) is 5.62. The summed E-state index contributed by atoms with van der Waals surface area (Å²) in [5.74, 6) is 0.720. The molecule has 0 saturated carbocycles. The summed E-state index contributed by atoms with van der Waals surface area (Å²) in [6.07, 6.45) is 3.39. The number of aromatic nitrogens is 1. The monoisotopic (exact) mass is 297 g/mol. The Labute approximate surface area is 119 Å². The van der Waals surface area contributed by atoms with E-state index in [9.17, 15) is 0 Å². The molecule has 1 heterocycles. The number of aryl methyl sites for hydroxylation is 1. The van der Waals surface area contributed by atoms with Gasteiger partial charge in [0.15, 0.2) is 5.13 Å². The van der Waals surface area contributed by atoms with Crippen molar-refractivity contribution in [3.8, 4) is 0 Å². The minimum absolute atomic E-state index is 0. The third-order valence-electron chi connectivity index (χ3n) is 2.77. The van der Waals surface area contributed by atoms with Gasteiger partial charge in [0.05, 0.1) is 5.69 Å². The van der Waals surface area contributed by atoms with E-state index in [0.29, 0.717) is 6.04 Å². The lowest BCUT2D eigenvalue weighted by Crippen LogP contribution is -2.36. The van der Waals surface area contributed by atoms with Crippen molar-refractivity contribution in [2.45, 2.75) is 39.2 Å². The highest BCUT2D eigenvalue weighted by molar-refractivity contribution is 7.15. The summed E-state index contributed by atoms with van der Waals surface area (Å²) in [5, 5.41) is 4.34. The normalized spacial score (nSPS) is 18.2. The molecule has 1 aromatic rings. The molecule has 1 unspecified atom stereocenters. The van der Waals surface area contributed by atoms with E-state index >= 15 is 0 Å². The number of nitrogens with two attached hydrogens (primary N) is 1. The van der Waals surface area contributed by atoms with Crippen LogP contribution in [0.4, 0.5) is 5.13 Å². The summed E-state index contributed by atoms with van der Waals surface area (Å²) in [5.41, 5.74) is 6.95. The van der Waals surface area contributed by atoms with Crippen LogP contribution in [-0.2, 0) is 12.8 Å². The predicted molar refractivity (Wildman–Crippen MR) is 79.7 cm³/mol. The lowest BCUT2D eigenvalue weighted by molar-refractivity contribution is 0.426. The molecule has 1 aromatic heterocycles. The van der Waals surface area contributed by atoms with Crippen LogP contribution in [0.1, 0.15) is 30.8 Å². The zero-order valence-corrected chi connectivity index (χ0v) is 12.7. The Kier molecular flexibility index (Phi) is 7.40. The van der Waals surface area contributed by atoms with Gasteiger partial charge in [0.2, 0.25) is 0 Å². The van der Waals surface area contributed by atoms with Crippen molar-refractivity contribution in [2.24, 2.45) is 5.92 Å². The van der Waals surface area contributed by atoms with E-state index in [0.717, 1.165) is 30.4 Å². The van der Waals surface area contributed by atoms with Crippen LogP contribution in [0.25, 0.3) is 0 Å². The number of nitrogens with zero attached hydrogens (tertiary/aromatic N) is 1. The van der Waals surface area contributed by atoms with Crippen molar-refractivity contribution in [1.29, 1.82) is 0 Å². The number of hydrogen-bond donors (Lipinski definition) is 2. The maximum Gasteiger partial charge on any atom is 0.180 e. The Hall–Kier alpha value is -0.0300. The molecule has 3 N–H and O–H groups in total. The highest BCUT2D eigenvalue weighted by Crippen LogP contribution is 2.28. The van der Waals surface area contributed by atoms with Crippen LogP contribution in [0.15, 0.2) is 0 Å². The molecule has 0 bridgehead atoms. The average molecular weight is 298 g/mol. The van der Waals surface area contributed by atoms with Crippen molar-refractivity contribution in [1.82, 2.24) is 10.3 Å². The van der Waals surface area contributed by atoms with Crippen LogP contribution in [0.5, 0.6) is 0 Å². The molecule has 0 amide bonds. The number of nitrogen functional groups attached to an aromatic ring is 1. The van der Waals surface area contributed by atoms with Gasteiger partial charge in [0.1, 0.15) is 0 Å². The SMILES string of the molecule is CC(C)CNC1CCc2nc(N)sc2C1.Cl.Cl. The van der Waals surface area contributed by atoms with Gasteiger partial charge in [-0.05, 0) is 31.7 Å². The van der Waals surface area contributed by atoms with Gasteiger partial charge in [-0.25, -0.2) is 4.98 Å². The van der Waals surface area contributed by atoms with Gasteiger partial charge in [-0.15, -0.1) is 36.2 Å². The number of anilines is 1. The number of thiazole rings is 1. The van der Waals surface area contributed by atoms with E-state index in [1.165, 1.54) is 17.0 Å². The summed E-state index contributed by atoms with van der Waals surface area (Å²) in [6.45, 7) is 5.59.